The highest BCUT2D eigenvalue weighted by molar-refractivity contribution is 7.99. The Labute approximate surface area is 180 Å². The fraction of sp³-hybridized carbons (Fsp3) is 0.318. The largest absolute Gasteiger partial charge is 0.495 e. The van der Waals surface area contributed by atoms with E-state index < -0.39 is 0 Å². The summed E-state index contributed by atoms with van der Waals surface area (Å²) in [6.07, 6.45) is 0. The molecule has 0 bridgehead atoms. The number of nitrogens with zero attached hydrogens (tertiary/aromatic N) is 3. The topological polar surface area (TPSA) is 78.3 Å². The van der Waals surface area contributed by atoms with Gasteiger partial charge < -0.3 is 19.4 Å². The van der Waals surface area contributed by atoms with Crippen molar-refractivity contribution in [3.8, 4) is 11.5 Å². The highest BCUT2D eigenvalue weighted by Crippen LogP contribution is 2.25. The third kappa shape index (κ3) is 5.13. The molecule has 0 aliphatic rings. The SMILES string of the molecule is CCn1c(COc2cccc(C)c2C)nnc1SCC(=O)Nc1ccccc1OC. The summed E-state index contributed by atoms with van der Waals surface area (Å²) in [5.74, 6) is 2.27. The minimum Gasteiger partial charge on any atom is -0.495 e. The van der Waals surface area contributed by atoms with E-state index in [1.165, 1.54) is 17.3 Å². The maximum absolute atomic E-state index is 12.4. The third-order valence-corrected chi connectivity index (χ3v) is 5.70. The Morgan fingerprint density at radius 3 is 2.63 bits per heavy atom. The third-order valence-electron chi connectivity index (χ3n) is 4.73. The number of aromatic nitrogens is 3. The smallest absolute Gasteiger partial charge is 0.234 e. The van der Waals surface area contributed by atoms with Crippen molar-refractivity contribution in [1.82, 2.24) is 14.8 Å². The van der Waals surface area contributed by atoms with Gasteiger partial charge in [0.25, 0.3) is 0 Å². The molecule has 1 amide bonds. The first-order valence-electron chi connectivity index (χ1n) is 9.70. The number of ether oxygens (including phenoxy) is 2. The molecule has 0 unspecified atom stereocenters. The molecule has 0 saturated carbocycles. The molecule has 7 nitrogen and oxygen atoms in total. The van der Waals surface area contributed by atoms with Crippen LogP contribution in [0, 0.1) is 13.8 Å². The normalized spacial score (nSPS) is 10.7. The zero-order valence-electron chi connectivity index (χ0n) is 17.6. The van der Waals surface area contributed by atoms with Gasteiger partial charge in [-0.1, -0.05) is 36.0 Å². The molecule has 0 saturated heterocycles. The second-order valence-corrected chi connectivity index (χ2v) is 7.61. The van der Waals surface area contributed by atoms with Crippen LogP contribution in [0.25, 0.3) is 0 Å². The van der Waals surface area contributed by atoms with Gasteiger partial charge in [0.1, 0.15) is 18.1 Å². The molecule has 0 aliphatic carbocycles. The fourth-order valence-electron chi connectivity index (χ4n) is 2.94. The number of hydrogen-bond donors (Lipinski definition) is 1. The molecule has 0 atom stereocenters. The minimum absolute atomic E-state index is 0.136. The van der Waals surface area contributed by atoms with Crippen molar-refractivity contribution in [2.24, 2.45) is 0 Å². The number of benzene rings is 2. The van der Waals surface area contributed by atoms with Gasteiger partial charge in [0.05, 0.1) is 18.6 Å². The van der Waals surface area contributed by atoms with E-state index in [1.54, 1.807) is 19.2 Å². The van der Waals surface area contributed by atoms with Gasteiger partial charge in [-0.15, -0.1) is 10.2 Å². The molecule has 0 radical (unpaired) electrons. The summed E-state index contributed by atoms with van der Waals surface area (Å²) in [5, 5.41) is 12.1. The molecule has 30 heavy (non-hydrogen) atoms. The summed E-state index contributed by atoms with van der Waals surface area (Å²) in [4.78, 5) is 12.4. The minimum atomic E-state index is -0.136. The highest BCUT2D eigenvalue weighted by Gasteiger charge is 2.15. The first kappa shape index (κ1) is 21.7. The molecule has 8 heteroatoms. The van der Waals surface area contributed by atoms with Crippen molar-refractivity contribution >= 4 is 23.4 Å². The maximum atomic E-state index is 12.4. The Kier molecular flexibility index (Phi) is 7.35. The van der Waals surface area contributed by atoms with E-state index in [4.69, 9.17) is 9.47 Å². The Morgan fingerprint density at radius 2 is 1.87 bits per heavy atom. The van der Waals surface area contributed by atoms with Crippen LogP contribution in [0.2, 0.25) is 0 Å². The molecule has 1 heterocycles. The van der Waals surface area contributed by atoms with Crippen LogP contribution in [0.5, 0.6) is 11.5 Å². The van der Waals surface area contributed by atoms with Crippen molar-refractivity contribution in [3.63, 3.8) is 0 Å². The number of para-hydroxylation sites is 2. The molecule has 1 aromatic heterocycles. The average molecular weight is 427 g/mol. The maximum Gasteiger partial charge on any atom is 0.234 e. The molecular weight excluding hydrogens is 400 g/mol. The number of anilines is 1. The van der Waals surface area contributed by atoms with Crippen molar-refractivity contribution in [1.29, 1.82) is 0 Å². The van der Waals surface area contributed by atoms with Crippen LogP contribution in [-0.2, 0) is 17.9 Å². The molecule has 3 aromatic rings. The van der Waals surface area contributed by atoms with Crippen LogP contribution in [0.3, 0.4) is 0 Å². The zero-order valence-corrected chi connectivity index (χ0v) is 18.5. The Balaban J connectivity index is 1.61. The zero-order chi connectivity index (χ0) is 21.5. The van der Waals surface area contributed by atoms with Gasteiger partial charge in [-0.3, -0.25) is 4.79 Å². The molecule has 0 spiro atoms. The number of carbonyl (C=O) groups is 1. The number of hydrogen-bond acceptors (Lipinski definition) is 6. The average Bonchev–Trinajstić information content (AvgIpc) is 3.15. The van der Waals surface area contributed by atoms with Crippen LogP contribution >= 0.6 is 11.8 Å². The van der Waals surface area contributed by atoms with Crippen LogP contribution in [-0.4, -0.2) is 33.5 Å². The van der Waals surface area contributed by atoms with Gasteiger partial charge in [-0.2, -0.15) is 0 Å². The lowest BCUT2D eigenvalue weighted by Crippen LogP contribution is -2.15. The van der Waals surface area contributed by atoms with Gasteiger partial charge in [0.2, 0.25) is 5.91 Å². The Bertz CT molecular complexity index is 1020. The number of aryl methyl sites for hydroxylation is 1. The van der Waals surface area contributed by atoms with Gasteiger partial charge in [-0.05, 0) is 50.1 Å². The number of thioether (sulfide) groups is 1. The van der Waals surface area contributed by atoms with Crippen molar-refractivity contribution in [2.45, 2.75) is 39.1 Å². The molecule has 158 valence electrons. The number of amides is 1. The van der Waals surface area contributed by atoms with Crippen molar-refractivity contribution < 1.29 is 14.3 Å². The summed E-state index contributed by atoms with van der Waals surface area (Å²) < 4.78 is 13.2. The lowest BCUT2D eigenvalue weighted by atomic mass is 10.1. The summed E-state index contributed by atoms with van der Waals surface area (Å²) in [5.41, 5.74) is 2.94. The van der Waals surface area contributed by atoms with Crippen LogP contribution < -0.4 is 14.8 Å². The quantitative estimate of drug-likeness (QED) is 0.516. The first-order valence-corrected chi connectivity index (χ1v) is 10.7. The standard InChI is InChI=1S/C22H26N4O3S/c1-5-26-20(13-29-18-12-8-9-15(2)16(18)3)24-25-22(26)30-14-21(27)23-17-10-6-7-11-19(17)28-4/h6-12H,5,13-14H2,1-4H3,(H,23,27). The monoisotopic (exact) mass is 426 g/mol. The second-order valence-electron chi connectivity index (χ2n) is 6.67. The van der Waals surface area contributed by atoms with E-state index in [0.717, 1.165) is 17.1 Å². The predicted molar refractivity (Wildman–Crippen MR) is 118 cm³/mol. The molecule has 0 fully saturated rings. The molecular formula is C22H26N4O3S. The lowest BCUT2D eigenvalue weighted by Gasteiger charge is -2.12. The van der Waals surface area contributed by atoms with E-state index in [1.807, 2.05) is 42.7 Å². The Morgan fingerprint density at radius 1 is 1.10 bits per heavy atom. The van der Waals surface area contributed by atoms with Crippen LogP contribution in [0.15, 0.2) is 47.6 Å². The fourth-order valence-corrected chi connectivity index (χ4v) is 3.76. The molecule has 0 aliphatic heterocycles. The number of nitrogens with one attached hydrogen (secondary N) is 1. The van der Waals surface area contributed by atoms with E-state index in [9.17, 15) is 4.79 Å². The first-order chi connectivity index (χ1) is 14.5. The number of methoxy groups -OCH3 is 1. The van der Waals surface area contributed by atoms with Crippen molar-refractivity contribution in [3.05, 3.63) is 59.4 Å². The van der Waals surface area contributed by atoms with Gasteiger partial charge in [0, 0.05) is 6.54 Å². The summed E-state index contributed by atoms with van der Waals surface area (Å²) in [6.45, 7) is 7.12. The van der Waals surface area contributed by atoms with Crippen LogP contribution in [0.4, 0.5) is 5.69 Å². The van der Waals surface area contributed by atoms with Crippen LogP contribution in [0.1, 0.15) is 23.9 Å². The highest BCUT2D eigenvalue weighted by atomic mass is 32.2. The van der Waals surface area contributed by atoms with Crippen molar-refractivity contribution in [2.75, 3.05) is 18.2 Å². The summed E-state index contributed by atoms with van der Waals surface area (Å²) in [7, 11) is 1.57. The number of carbonyl (C=O) groups excluding carboxylic acids is 1. The molecule has 1 N–H and O–H groups in total. The van der Waals surface area contributed by atoms with E-state index in [-0.39, 0.29) is 11.7 Å². The van der Waals surface area contributed by atoms with E-state index in [0.29, 0.717) is 29.7 Å². The summed E-state index contributed by atoms with van der Waals surface area (Å²) >= 11 is 1.34. The van der Waals surface area contributed by atoms with Gasteiger partial charge >= 0.3 is 0 Å². The predicted octanol–water partition coefficient (Wildman–Crippen LogP) is 4.23. The number of rotatable bonds is 9. The summed E-state index contributed by atoms with van der Waals surface area (Å²) in [6, 6.07) is 13.3. The molecule has 2 aromatic carbocycles. The molecule has 3 rings (SSSR count). The second kappa shape index (κ2) is 10.2. The van der Waals surface area contributed by atoms with E-state index >= 15 is 0 Å². The van der Waals surface area contributed by atoms with Gasteiger partial charge in [0.15, 0.2) is 11.0 Å². The Hall–Kier alpha value is -3.00. The van der Waals surface area contributed by atoms with E-state index in [2.05, 4.69) is 28.5 Å². The lowest BCUT2D eigenvalue weighted by molar-refractivity contribution is -0.113. The van der Waals surface area contributed by atoms with Gasteiger partial charge in [-0.25, -0.2) is 0 Å².